The standard InChI is InChI=1S/C15H19N3O2/c1-19-14-5-3-2-4-12(14)15-13(10-17-20-15)18-8-6-11(16)7-9-18/h2-5,10-11H,6-9,16H2,1H3. The van der Waals surface area contributed by atoms with Crippen molar-refractivity contribution in [3.63, 3.8) is 0 Å². The first-order valence-corrected chi connectivity index (χ1v) is 6.88. The van der Waals surface area contributed by atoms with E-state index in [-0.39, 0.29) is 0 Å². The van der Waals surface area contributed by atoms with E-state index in [1.165, 1.54) is 0 Å². The van der Waals surface area contributed by atoms with Gasteiger partial charge in [0.15, 0.2) is 5.76 Å². The summed E-state index contributed by atoms with van der Waals surface area (Å²) in [5, 5.41) is 3.96. The Kier molecular flexibility index (Phi) is 3.60. The molecule has 2 heterocycles. The monoisotopic (exact) mass is 273 g/mol. The normalized spacial score (nSPS) is 16.4. The minimum Gasteiger partial charge on any atom is -0.496 e. The average Bonchev–Trinajstić information content (AvgIpc) is 2.97. The molecule has 1 saturated heterocycles. The van der Waals surface area contributed by atoms with E-state index in [2.05, 4.69) is 10.1 Å². The molecule has 5 nitrogen and oxygen atoms in total. The molecule has 0 bridgehead atoms. The van der Waals surface area contributed by atoms with Crippen LogP contribution in [0.2, 0.25) is 0 Å². The molecule has 0 saturated carbocycles. The van der Waals surface area contributed by atoms with Crippen LogP contribution in [0.4, 0.5) is 5.69 Å². The number of benzene rings is 1. The van der Waals surface area contributed by atoms with E-state index in [9.17, 15) is 0 Å². The third-order valence-electron chi connectivity index (χ3n) is 3.78. The van der Waals surface area contributed by atoms with Crippen LogP contribution in [0, 0.1) is 0 Å². The van der Waals surface area contributed by atoms with Gasteiger partial charge in [-0.15, -0.1) is 0 Å². The smallest absolute Gasteiger partial charge is 0.193 e. The zero-order chi connectivity index (χ0) is 13.9. The predicted molar refractivity (Wildman–Crippen MR) is 77.9 cm³/mol. The van der Waals surface area contributed by atoms with Crippen molar-refractivity contribution in [3.05, 3.63) is 30.5 Å². The highest BCUT2D eigenvalue weighted by Gasteiger charge is 2.23. The number of ether oxygens (including phenoxy) is 1. The third kappa shape index (κ3) is 2.36. The maximum atomic E-state index is 5.96. The van der Waals surface area contributed by atoms with Crippen LogP contribution in [0.25, 0.3) is 11.3 Å². The summed E-state index contributed by atoms with van der Waals surface area (Å²) in [6, 6.07) is 8.13. The molecule has 106 valence electrons. The Labute approximate surface area is 118 Å². The quantitative estimate of drug-likeness (QED) is 0.929. The number of nitrogens with zero attached hydrogens (tertiary/aromatic N) is 2. The van der Waals surface area contributed by atoms with E-state index in [1.807, 2.05) is 24.3 Å². The van der Waals surface area contributed by atoms with Crippen molar-refractivity contribution in [2.45, 2.75) is 18.9 Å². The molecule has 1 fully saturated rings. The van der Waals surface area contributed by atoms with Gasteiger partial charge in [0, 0.05) is 19.1 Å². The molecular formula is C15H19N3O2. The SMILES string of the molecule is COc1ccccc1-c1oncc1N1CCC(N)CC1. The maximum absolute atomic E-state index is 5.96. The highest BCUT2D eigenvalue weighted by Crippen LogP contribution is 2.37. The average molecular weight is 273 g/mol. The van der Waals surface area contributed by atoms with Crippen molar-refractivity contribution in [3.8, 4) is 17.1 Å². The van der Waals surface area contributed by atoms with Crippen LogP contribution in [0.3, 0.4) is 0 Å². The van der Waals surface area contributed by atoms with Crippen molar-refractivity contribution in [1.29, 1.82) is 0 Å². The van der Waals surface area contributed by atoms with Gasteiger partial charge in [-0.1, -0.05) is 17.3 Å². The Balaban J connectivity index is 1.94. The second-order valence-corrected chi connectivity index (χ2v) is 5.06. The fraction of sp³-hybridized carbons (Fsp3) is 0.400. The lowest BCUT2D eigenvalue weighted by molar-refractivity contribution is 0.406. The van der Waals surface area contributed by atoms with E-state index in [4.69, 9.17) is 15.0 Å². The van der Waals surface area contributed by atoms with Crippen LogP contribution in [0.1, 0.15) is 12.8 Å². The number of rotatable bonds is 3. The summed E-state index contributed by atoms with van der Waals surface area (Å²) < 4.78 is 10.9. The molecule has 20 heavy (non-hydrogen) atoms. The van der Waals surface area contributed by atoms with Crippen molar-refractivity contribution in [1.82, 2.24) is 5.16 Å². The van der Waals surface area contributed by atoms with Crippen molar-refractivity contribution >= 4 is 5.69 Å². The van der Waals surface area contributed by atoms with Crippen LogP contribution in [0.5, 0.6) is 5.75 Å². The van der Waals surface area contributed by atoms with E-state index < -0.39 is 0 Å². The van der Waals surface area contributed by atoms with Crippen molar-refractivity contribution in [2.75, 3.05) is 25.1 Å². The number of piperidine rings is 1. The number of nitrogens with two attached hydrogens (primary N) is 1. The molecule has 2 N–H and O–H groups in total. The molecule has 1 aliphatic rings. The predicted octanol–water partition coefficient (Wildman–Crippen LogP) is 2.28. The lowest BCUT2D eigenvalue weighted by atomic mass is 10.0. The molecule has 2 aromatic rings. The Morgan fingerprint density at radius 2 is 2.05 bits per heavy atom. The van der Waals surface area contributed by atoms with Gasteiger partial charge in [-0.3, -0.25) is 0 Å². The zero-order valence-electron chi connectivity index (χ0n) is 11.6. The summed E-state index contributed by atoms with van der Waals surface area (Å²) in [6.07, 6.45) is 3.77. The zero-order valence-corrected chi connectivity index (χ0v) is 11.6. The first kappa shape index (κ1) is 13.0. The molecule has 3 rings (SSSR count). The van der Waals surface area contributed by atoms with Gasteiger partial charge >= 0.3 is 0 Å². The summed E-state index contributed by atoms with van der Waals surface area (Å²) in [5.41, 5.74) is 7.90. The fourth-order valence-corrected chi connectivity index (χ4v) is 2.62. The summed E-state index contributed by atoms with van der Waals surface area (Å²) in [7, 11) is 1.66. The maximum Gasteiger partial charge on any atom is 0.193 e. The van der Waals surface area contributed by atoms with Crippen LogP contribution in [-0.2, 0) is 0 Å². The van der Waals surface area contributed by atoms with E-state index in [0.717, 1.165) is 48.7 Å². The minimum atomic E-state index is 0.306. The molecule has 0 atom stereocenters. The number of aromatic nitrogens is 1. The minimum absolute atomic E-state index is 0.306. The summed E-state index contributed by atoms with van der Waals surface area (Å²) in [5.74, 6) is 1.55. The van der Waals surface area contributed by atoms with Gasteiger partial charge in [-0.2, -0.15) is 0 Å². The Morgan fingerprint density at radius 1 is 1.30 bits per heavy atom. The Bertz CT molecular complexity index is 574. The fourth-order valence-electron chi connectivity index (χ4n) is 2.62. The number of hydrogen-bond acceptors (Lipinski definition) is 5. The topological polar surface area (TPSA) is 64.5 Å². The molecule has 0 unspecified atom stereocenters. The number of anilines is 1. The van der Waals surface area contributed by atoms with Crippen LogP contribution >= 0.6 is 0 Å². The summed E-state index contributed by atoms with van der Waals surface area (Å²) >= 11 is 0. The van der Waals surface area contributed by atoms with Crippen LogP contribution < -0.4 is 15.4 Å². The van der Waals surface area contributed by atoms with Gasteiger partial charge in [-0.05, 0) is 25.0 Å². The first-order valence-electron chi connectivity index (χ1n) is 6.88. The van der Waals surface area contributed by atoms with E-state index in [1.54, 1.807) is 13.3 Å². The van der Waals surface area contributed by atoms with Gasteiger partial charge in [0.2, 0.25) is 0 Å². The lowest BCUT2D eigenvalue weighted by Crippen LogP contribution is -2.39. The largest absolute Gasteiger partial charge is 0.496 e. The lowest BCUT2D eigenvalue weighted by Gasteiger charge is -2.31. The second kappa shape index (κ2) is 5.54. The summed E-state index contributed by atoms with van der Waals surface area (Å²) in [4.78, 5) is 2.28. The number of para-hydroxylation sites is 1. The van der Waals surface area contributed by atoms with Gasteiger partial charge in [0.1, 0.15) is 11.4 Å². The van der Waals surface area contributed by atoms with Gasteiger partial charge in [0.25, 0.3) is 0 Å². The number of methoxy groups -OCH3 is 1. The van der Waals surface area contributed by atoms with Crippen molar-refractivity contribution < 1.29 is 9.26 Å². The molecule has 0 radical (unpaired) electrons. The molecule has 0 aliphatic carbocycles. The van der Waals surface area contributed by atoms with Crippen molar-refractivity contribution in [2.24, 2.45) is 5.73 Å². The first-order chi connectivity index (χ1) is 9.79. The molecule has 1 aromatic heterocycles. The molecule has 0 amide bonds. The Morgan fingerprint density at radius 3 is 2.80 bits per heavy atom. The third-order valence-corrected chi connectivity index (χ3v) is 3.78. The second-order valence-electron chi connectivity index (χ2n) is 5.06. The van der Waals surface area contributed by atoms with E-state index >= 15 is 0 Å². The highest BCUT2D eigenvalue weighted by molar-refractivity contribution is 5.77. The van der Waals surface area contributed by atoms with Crippen LogP contribution in [-0.4, -0.2) is 31.4 Å². The summed E-state index contributed by atoms with van der Waals surface area (Å²) in [6.45, 7) is 1.87. The van der Waals surface area contributed by atoms with Gasteiger partial charge in [0.05, 0.1) is 18.9 Å². The highest BCUT2D eigenvalue weighted by atomic mass is 16.5. The molecule has 1 aromatic carbocycles. The molecule has 5 heteroatoms. The van der Waals surface area contributed by atoms with Crippen LogP contribution in [0.15, 0.2) is 35.0 Å². The molecular weight excluding hydrogens is 254 g/mol. The molecule has 0 spiro atoms. The molecule has 1 aliphatic heterocycles. The number of hydrogen-bond donors (Lipinski definition) is 1. The Hall–Kier alpha value is -2.01. The van der Waals surface area contributed by atoms with Gasteiger partial charge in [-0.25, -0.2) is 0 Å². The van der Waals surface area contributed by atoms with Gasteiger partial charge < -0.3 is 19.9 Å². The van der Waals surface area contributed by atoms with E-state index in [0.29, 0.717) is 6.04 Å².